The van der Waals surface area contributed by atoms with Crippen molar-refractivity contribution in [1.82, 2.24) is 10.1 Å². The van der Waals surface area contributed by atoms with Gasteiger partial charge in [-0.1, -0.05) is 34.4 Å². The molecule has 9 heteroatoms. The summed E-state index contributed by atoms with van der Waals surface area (Å²) in [6, 6.07) is 14.0. The number of rotatable bonds is 6. The van der Waals surface area contributed by atoms with Crippen LogP contribution in [0.5, 0.6) is 17.4 Å². The summed E-state index contributed by atoms with van der Waals surface area (Å²) in [6.07, 6.45) is 4.81. The van der Waals surface area contributed by atoms with E-state index in [2.05, 4.69) is 5.16 Å². The quantitative estimate of drug-likeness (QED) is 0.265. The molecule has 0 radical (unpaired) electrons. The highest BCUT2D eigenvalue weighted by molar-refractivity contribution is 6.36. The summed E-state index contributed by atoms with van der Waals surface area (Å²) in [7, 11) is 0. The molecule has 192 valence electrons. The molecule has 4 aromatic rings. The van der Waals surface area contributed by atoms with Crippen molar-refractivity contribution in [3.63, 3.8) is 0 Å². The number of hydrogen-bond donors (Lipinski definition) is 1. The van der Waals surface area contributed by atoms with Crippen LogP contribution < -0.4 is 9.47 Å². The molecule has 38 heavy (non-hydrogen) atoms. The fourth-order valence-electron chi connectivity index (χ4n) is 5.20. The van der Waals surface area contributed by atoms with Gasteiger partial charge < -0.3 is 19.1 Å². The van der Waals surface area contributed by atoms with E-state index < -0.39 is 5.97 Å². The largest absolute Gasteiger partial charge is 0.478 e. The number of nitrogens with zero attached hydrogens (tertiary/aromatic N) is 2. The van der Waals surface area contributed by atoms with E-state index in [1.54, 1.807) is 30.3 Å². The third kappa shape index (κ3) is 4.10. The Labute approximate surface area is 228 Å². The summed E-state index contributed by atoms with van der Waals surface area (Å²) in [5.41, 5.74) is 4.14. The van der Waals surface area contributed by atoms with Gasteiger partial charge >= 0.3 is 5.97 Å². The van der Waals surface area contributed by atoms with Crippen molar-refractivity contribution >= 4 is 29.2 Å². The Morgan fingerprint density at radius 3 is 2.66 bits per heavy atom. The van der Waals surface area contributed by atoms with Crippen LogP contribution in [0.3, 0.4) is 0 Å². The smallest absolute Gasteiger partial charge is 0.335 e. The second kappa shape index (κ2) is 8.75. The Hall–Kier alpha value is -3.55. The number of hydrogen-bond acceptors (Lipinski definition) is 6. The zero-order valence-electron chi connectivity index (χ0n) is 20.2. The number of benzene rings is 2. The lowest BCUT2D eigenvalue weighted by atomic mass is 9.92. The predicted octanol–water partition coefficient (Wildman–Crippen LogP) is 7.58. The van der Waals surface area contributed by atoms with Crippen LogP contribution in [0.4, 0.5) is 0 Å². The molecule has 1 spiro atoms. The van der Waals surface area contributed by atoms with Gasteiger partial charge in [0.25, 0.3) is 0 Å². The predicted molar refractivity (Wildman–Crippen MR) is 141 cm³/mol. The van der Waals surface area contributed by atoms with E-state index in [9.17, 15) is 9.90 Å². The van der Waals surface area contributed by atoms with Crippen LogP contribution in [-0.2, 0) is 18.4 Å². The first-order chi connectivity index (χ1) is 18.4. The van der Waals surface area contributed by atoms with E-state index in [1.165, 1.54) is 0 Å². The Bertz CT molecular complexity index is 1610. The summed E-state index contributed by atoms with van der Waals surface area (Å²) in [5.74, 6) is 1.85. The fraction of sp³-hybridized carbons (Fsp3) is 0.276. The maximum absolute atomic E-state index is 11.5. The molecule has 2 aromatic heterocycles. The van der Waals surface area contributed by atoms with Gasteiger partial charge in [0.05, 0.1) is 21.8 Å². The van der Waals surface area contributed by atoms with Gasteiger partial charge in [0, 0.05) is 28.0 Å². The van der Waals surface area contributed by atoms with Crippen molar-refractivity contribution in [2.45, 2.75) is 50.0 Å². The standard InChI is InChI=1S/C29H22Cl2N2O5/c30-18-5-6-19(21(31)12-18)25-20(26(38-33-25)15-1-2-15)14-36-24-8-7-22-27(32-24)29(9-10-29)13-17-4-3-16(28(34)35)11-23(17)37-22/h3-8,11-12,15H,1-2,9-10,13-14H2,(H,34,35). The number of pyridine rings is 1. The molecule has 3 heterocycles. The van der Waals surface area contributed by atoms with Crippen LogP contribution in [0.15, 0.2) is 53.1 Å². The van der Waals surface area contributed by atoms with Crippen molar-refractivity contribution in [2.75, 3.05) is 0 Å². The van der Waals surface area contributed by atoms with Crippen molar-refractivity contribution in [2.24, 2.45) is 0 Å². The topological polar surface area (TPSA) is 94.7 Å². The van der Waals surface area contributed by atoms with Gasteiger partial charge in [0.15, 0.2) is 0 Å². The summed E-state index contributed by atoms with van der Waals surface area (Å²) in [6.45, 7) is 0.228. The molecule has 1 N–H and O–H groups in total. The summed E-state index contributed by atoms with van der Waals surface area (Å²) in [5, 5.41) is 14.8. The summed E-state index contributed by atoms with van der Waals surface area (Å²) >= 11 is 12.6. The Kier molecular flexibility index (Phi) is 5.42. The average molecular weight is 549 g/mol. The normalized spacial score (nSPS) is 16.8. The number of carboxylic acids is 1. The number of ether oxygens (including phenoxy) is 2. The van der Waals surface area contributed by atoms with Gasteiger partial charge in [0.2, 0.25) is 5.88 Å². The Morgan fingerprint density at radius 2 is 1.92 bits per heavy atom. The van der Waals surface area contributed by atoms with Gasteiger partial charge in [-0.25, -0.2) is 9.78 Å². The van der Waals surface area contributed by atoms with E-state index in [4.69, 9.17) is 42.2 Å². The van der Waals surface area contributed by atoms with E-state index in [-0.39, 0.29) is 17.6 Å². The van der Waals surface area contributed by atoms with Crippen molar-refractivity contribution < 1.29 is 23.9 Å². The maximum atomic E-state index is 11.5. The minimum absolute atomic E-state index is 0.136. The zero-order valence-corrected chi connectivity index (χ0v) is 21.7. The highest BCUT2D eigenvalue weighted by Gasteiger charge is 2.49. The molecule has 0 saturated heterocycles. The molecule has 7 nitrogen and oxygen atoms in total. The average Bonchev–Trinajstić information content (AvgIpc) is 3.83. The first-order valence-corrected chi connectivity index (χ1v) is 13.3. The molecule has 1 aliphatic heterocycles. The number of carboxylic acid groups (broad SMARTS) is 1. The van der Waals surface area contributed by atoms with Crippen LogP contribution in [0.1, 0.15) is 64.5 Å². The van der Waals surface area contributed by atoms with Crippen LogP contribution in [0.25, 0.3) is 11.3 Å². The highest BCUT2D eigenvalue weighted by atomic mass is 35.5. The summed E-state index contributed by atoms with van der Waals surface area (Å²) < 4.78 is 18.2. The van der Waals surface area contributed by atoms with Gasteiger partial charge in [-0.15, -0.1) is 0 Å². The van der Waals surface area contributed by atoms with E-state index in [1.807, 2.05) is 18.2 Å². The first kappa shape index (κ1) is 23.6. The first-order valence-electron chi connectivity index (χ1n) is 12.5. The van der Waals surface area contributed by atoms with Gasteiger partial charge in [-0.2, -0.15) is 0 Å². The fourth-order valence-corrected chi connectivity index (χ4v) is 5.70. The van der Waals surface area contributed by atoms with Crippen molar-refractivity contribution in [3.8, 4) is 28.6 Å². The third-order valence-electron chi connectivity index (χ3n) is 7.57. The molecule has 0 bridgehead atoms. The van der Waals surface area contributed by atoms with Gasteiger partial charge in [-0.3, -0.25) is 0 Å². The number of aromatic carboxylic acids is 1. The third-order valence-corrected chi connectivity index (χ3v) is 8.12. The molecular formula is C29H22Cl2N2O5. The molecule has 2 aromatic carbocycles. The van der Waals surface area contributed by atoms with E-state index in [0.717, 1.165) is 60.2 Å². The second-order valence-corrected chi connectivity index (χ2v) is 11.1. The van der Waals surface area contributed by atoms with E-state index in [0.29, 0.717) is 39.0 Å². The Balaban J connectivity index is 1.20. The maximum Gasteiger partial charge on any atom is 0.335 e. The van der Waals surface area contributed by atoms with Gasteiger partial charge in [0.1, 0.15) is 29.6 Å². The lowest BCUT2D eigenvalue weighted by molar-refractivity contribution is 0.0696. The minimum Gasteiger partial charge on any atom is -0.478 e. The van der Waals surface area contributed by atoms with Crippen LogP contribution in [0.2, 0.25) is 10.0 Å². The van der Waals surface area contributed by atoms with E-state index >= 15 is 0 Å². The van der Waals surface area contributed by atoms with Gasteiger partial charge in [-0.05, 0) is 74.1 Å². The zero-order chi connectivity index (χ0) is 26.0. The molecule has 7 rings (SSSR count). The molecule has 0 amide bonds. The SMILES string of the molecule is O=C(O)c1ccc2c(c1)Oc1ccc(OCc3c(-c4ccc(Cl)cc4Cl)noc3C3CC3)nc1C1(CC1)C2. The van der Waals surface area contributed by atoms with Crippen molar-refractivity contribution in [3.05, 3.63) is 86.7 Å². The molecule has 0 unspecified atom stereocenters. The summed E-state index contributed by atoms with van der Waals surface area (Å²) in [4.78, 5) is 16.4. The molecule has 0 atom stereocenters. The number of carbonyl (C=O) groups is 1. The number of aromatic nitrogens is 2. The number of halogens is 2. The molecular weight excluding hydrogens is 527 g/mol. The Morgan fingerprint density at radius 1 is 1.08 bits per heavy atom. The molecule has 2 saturated carbocycles. The van der Waals surface area contributed by atoms with Crippen LogP contribution in [0, 0.1) is 0 Å². The lowest BCUT2D eigenvalue weighted by Crippen LogP contribution is -2.12. The monoisotopic (exact) mass is 548 g/mol. The minimum atomic E-state index is -0.984. The second-order valence-electron chi connectivity index (χ2n) is 10.2. The molecule has 2 fully saturated rings. The van der Waals surface area contributed by atoms with Crippen molar-refractivity contribution in [1.29, 1.82) is 0 Å². The molecule has 2 aliphatic carbocycles. The highest BCUT2D eigenvalue weighted by Crippen LogP contribution is 2.56. The molecule has 3 aliphatic rings. The van der Waals surface area contributed by atoms with Crippen LogP contribution in [-0.4, -0.2) is 21.2 Å². The lowest BCUT2D eigenvalue weighted by Gasteiger charge is -2.15. The number of fused-ring (bicyclic) bond motifs is 3. The van der Waals surface area contributed by atoms with Crippen LogP contribution >= 0.6 is 23.2 Å².